The topological polar surface area (TPSA) is 95.8 Å². The Morgan fingerprint density at radius 3 is 2.50 bits per heavy atom. The van der Waals surface area contributed by atoms with Gasteiger partial charge in [0.15, 0.2) is 23.0 Å². The molecule has 0 amide bonds. The highest BCUT2D eigenvalue weighted by Crippen LogP contribution is 2.42. The number of benzene rings is 2. The van der Waals surface area contributed by atoms with Crippen LogP contribution in [0.2, 0.25) is 0 Å². The molecule has 2 aliphatic heterocycles. The van der Waals surface area contributed by atoms with Crippen molar-refractivity contribution in [2.24, 2.45) is 4.99 Å². The molecule has 2 aliphatic rings. The number of hydrogen-bond acceptors (Lipinski definition) is 9. The van der Waals surface area contributed by atoms with Crippen molar-refractivity contribution >= 4 is 34.5 Å². The first-order valence-electron chi connectivity index (χ1n) is 9.66. The molecule has 0 bridgehead atoms. The van der Waals surface area contributed by atoms with Gasteiger partial charge in [0.2, 0.25) is 0 Å². The van der Waals surface area contributed by atoms with Gasteiger partial charge in [-0.05, 0) is 35.9 Å². The minimum absolute atomic E-state index is 0.00363. The third-order valence-corrected chi connectivity index (χ3v) is 5.76. The molecule has 4 rings (SSSR count). The van der Waals surface area contributed by atoms with E-state index in [1.165, 1.54) is 14.2 Å². The van der Waals surface area contributed by atoms with Gasteiger partial charge in [0.05, 0.1) is 31.9 Å². The second kappa shape index (κ2) is 9.27. The molecular formula is C23H21NO7S. The minimum Gasteiger partial charge on any atom is -0.506 e. The fourth-order valence-electron chi connectivity index (χ4n) is 3.20. The van der Waals surface area contributed by atoms with E-state index in [4.69, 9.17) is 23.7 Å². The molecule has 9 heteroatoms. The van der Waals surface area contributed by atoms with E-state index in [9.17, 15) is 9.90 Å². The lowest BCUT2D eigenvalue weighted by Crippen LogP contribution is -2.15. The van der Waals surface area contributed by atoms with Gasteiger partial charge in [0, 0.05) is 6.07 Å². The number of carbonyl (C=O) groups excluding carboxylic acids is 1. The Balaban J connectivity index is 1.72. The number of aliphatic hydroxyl groups is 1. The quantitative estimate of drug-likeness (QED) is 0.668. The number of aliphatic hydroxyl groups excluding tert-OH is 1. The van der Waals surface area contributed by atoms with E-state index in [1.807, 2.05) is 12.1 Å². The van der Waals surface area contributed by atoms with E-state index in [-0.39, 0.29) is 11.3 Å². The SMILES string of the molecule is COC(=O)C1=C(O)C(=Cc2ccc3c(c2)OCCO3)SC1=Nc1ccc(OC)c(OC)c1. The van der Waals surface area contributed by atoms with E-state index < -0.39 is 5.97 Å². The van der Waals surface area contributed by atoms with Gasteiger partial charge in [-0.2, -0.15) is 0 Å². The highest BCUT2D eigenvalue weighted by atomic mass is 32.2. The summed E-state index contributed by atoms with van der Waals surface area (Å²) in [5.74, 6) is 1.47. The summed E-state index contributed by atoms with van der Waals surface area (Å²) < 4.78 is 26.6. The number of carbonyl (C=O) groups is 1. The average Bonchev–Trinajstić information content (AvgIpc) is 3.12. The normalized spacial score (nSPS) is 17.6. The molecule has 0 fully saturated rings. The second-order valence-electron chi connectivity index (χ2n) is 6.69. The number of rotatable bonds is 5. The smallest absolute Gasteiger partial charge is 0.344 e. The minimum atomic E-state index is -0.681. The lowest BCUT2D eigenvalue weighted by Gasteiger charge is -2.18. The second-order valence-corrected chi connectivity index (χ2v) is 7.72. The van der Waals surface area contributed by atoms with E-state index >= 15 is 0 Å². The molecular weight excluding hydrogens is 434 g/mol. The highest BCUT2D eigenvalue weighted by molar-refractivity contribution is 8.18. The van der Waals surface area contributed by atoms with Gasteiger partial charge in [0.25, 0.3) is 0 Å². The molecule has 0 saturated heterocycles. The lowest BCUT2D eigenvalue weighted by molar-refractivity contribution is -0.135. The fraction of sp³-hybridized carbons (Fsp3) is 0.217. The molecule has 1 N–H and O–H groups in total. The molecule has 0 radical (unpaired) electrons. The van der Waals surface area contributed by atoms with Gasteiger partial charge < -0.3 is 28.8 Å². The predicted molar refractivity (Wildman–Crippen MR) is 121 cm³/mol. The van der Waals surface area contributed by atoms with Crippen molar-refractivity contribution in [3.8, 4) is 23.0 Å². The summed E-state index contributed by atoms with van der Waals surface area (Å²) in [4.78, 5) is 17.4. The Morgan fingerprint density at radius 1 is 1.03 bits per heavy atom. The molecule has 2 aromatic carbocycles. The van der Waals surface area contributed by atoms with Crippen molar-refractivity contribution in [1.82, 2.24) is 0 Å². The van der Waals surface area contributed by atoms with Crippen molar-refractivity contribution in [2.45, 2.75) is 0 Å². The first kappa shape index (κ1) is 21.6. The van der Waals surface area contributed by atoms with Gasteiger partial charge in [-0.25, -0.2) is 9.79 Å². The van der Waals surface area contributed by atoms with E-state index in [2.05, 4.69) is 4.99 Å². The van der Waals surface area contributed by atoms with Gasteiger partial charge in [-0.15, -0.1) is 0 Å². The molecule has 0 unspecified atom stereocenters. The number of esters is 1. The van der Waals surface area contributed by atoms with E-state index in [0.717, 1.165) is 17.3 Å². The summed E-state index contributed by atoms with van der Waals surface area (Å²) >= 11 is 1.16. The lowest BCUT2D eigenvalue weighted by atomic mass is 10.1. The van der Waals surface area contributed by atoms with Crippen LogP contribution in [0.15, 0.2) is 57.6 Å². The molecule has 8 nitrogen and oxygen atoms in total. The summed E-state index contributed by atoms with van der Waals surface area (Å²) in [6, 6.07) is 10.6. The fourth-order valence-corrected chi connectivity index (χ4v) is 4.24. The Morgan fingerprint density at radius 2 is 1.78 bits per heavy atom. The number of aliphatic imine (C=N–C) groups is 1. The van der Waals surface area contributed by atoms with Crippen molar-refractivity contribution in [3.63, 3.8) is 0 Å². The molecule has 0 aromatic heterocycles. The Bertz CT molecular complexity index is 1150. The largest absolute Gasteiger partial charge is 0.506 e. The molecule has 0 spiro atoms. The van der Waals surface area contributed by atoms with Crippen LogP contribution in [0.1, 0.15) is 5.56 Å². The van der Waals surface area contributed by atoms with Gasteiger partial charge in [0.1, 0.15) is 29.6 Å². The number of nitrogens with zero attached hydrogens (tertiary/aromatic N) is 1. The Kier molecular flexibility index (Phi) is 6.27. The molecule has 166 valence electrons. The molecule has 2 heterocycles. The zero-order valence-electron chi connectivity index (χ0n) is 17.7. The van der Waals surface area contributed by atoms with Gasteiger partial charge in [-0.3, -0.25) is 0 Å². The molecule has 32 heavy (non-hydrogen) atoms. The Labute approximate surface area is 189 Å². The molecule has 2 aromatic rings. The summed E-state index contributed by atoms with van der Waals surface area (Å²) in [5, 5.41) is 11.1. The molecule has 0 aliphatic carbocycles. The molecule has 0 saturated carbocycles. The number of ether oxygens (including phenoxy) is 5. The zero-order valence-corrected chi connectivity index (χ0v) is 18.5. The van der Waals surface area contributed by atoms with Crippen LogP contribution < -0.4 is 18.9 Å². The van der Waals surface area contributed by atoms with Crippen LogP contribution in [0.25, 0.3) is 6.08 Å². The maximum Gasteiger partial charge on any atom is 0.344 e. The van der Waals surface area contributed by atoms with E-state index in [0.29, 0.717) is 51.8 Å². The number of methoxy groups -OCH3 is 3. The zero-order chi connectivity index (χ0) is 22.7. The maximum absolute atomic E-state index is 12.4. The number of hydrogen-bond donors (Lipinski definition) is 1. The van der Waals surface area contributed by atoms with E-state index in [1.54, 1.807) is 37.5 Å². The van der Waals surface area contributed by atoms with Gasteiger partial charge >= 0.3 is 5.97 Å². The summed E-state index contributed by atoms with van der Waals surface area (Å²) in [6.07, 6.45) is 1.75. The van der Waals surface area contributed by atoms with Crippen LogP contribution in [0.5, 0.6) is 23.0 Å². The van der Waals surface area contributed by atoms with Crippen molar-refractivity contribution in [2.75, 3.05) is 34.5 Å². The average molecular weight is 455 g/mol. The number of thioether (sulfide) groups is 1. The van der Waals surface area contributed by atoms with Crippen LogP contribution in [-0.4, -0.2) is 50.7 Å². The first-order valence-corrected chi connectivity index (χ1v) is 10.5. The van der Waals surface area contributed by atoms with Crippen LogP contribution in [-0.2, 0) is 9.53 Å². The van der Waals surface area contributed by atoms with Crippen LogP contribution in [0.4, 0.5) is 5.69 Å². The number of fused-ring (bicyclic) bond motifs is 1. The monoisotopic (exact) mass is 455 g/mol. The highest BCUT2D eigenvalue weighted by Gasteiger charge is 2.33. The standard InChI is InChI=1S/C23H21NO7S/c1-27-15-7-5-14(12-17(15)28-2)24-22-20(23(26)29-3)21(25)19(32-22)11-13-4-6-16-18(10-13)31-9-8-30-16/h4-7,10-12,25H,8-9H2,1-3H3. The van der Waals surface area contributed by atoms with Gasteiger partial charge in [-0.1, -0.05) is 17.8 Å². The van der Waals surface area contributed by atoms with Crippen LogP contribution in [0, 0.1) is 0 Å². The summed E-state index contributed by atoms with van der Waals surface area (Å²) in [5.41, 5.74) is 1.30. The van der Waals surface area contributed by atoms with Crippen molar-refractivity contribution in [3.05, 3.63) is 58.2 Å². The summed E-state index contributed by atoms with van der Waals surface area (Å²) in [6.45, 7) is 0.979. The first-order chi connectivity index (χ1) is 15.5. The van der Waals surface area contributed by atoms with Crippen LogP contribution in [0.3, 0.4) is 0 Å². The Hall–Kier alpha value is -3.59. The van der Waals surface area contributed by atoms with Crippen molar-refractivity contribution in [1.29, 1.82) is 0 Å². The van der Waals surface area contributed by atoms with Crippen LogP contribution >= 0.6 is 11.8 Å². The maximum atomic E-state index is 12.4. The summed E-state index contributed by atoms with van der Waals surface area (Å²) in [7, 11) is 4.32. The molecule has 0 atom stereocenters. The predicted octanol–water partition coefficient (Wildman–Crippen LogP) is 4.28. The third-order valence-electron chi connectivity index (χ3n) is 4.74. The third kappa shape index (κ3) is 4.24. The van der Waals surface area contributed by atoms with Crippen molar-refractivity contribution < 1.29 is 33.6 Å².